The minimum atomic E-state index is -0.578. The van der Waals surface area contributed by atoms with Crippen molar-refractivity contribution in [3.63, 3.8) is 0 Å². The number of hydrogen-bond donors (Lipinski definition) is 2. The fourth-order valence-corrected chi connectivity index (χ4v) is 1.85. The third-order valence-corrected chi connectivity index (χ3v) is 3.00. The predicted octanol–water partition coefficient (Wildman–Crippen LogP) is -0.116. The van der Waals surface area contributed by atoms with Crippen molar-refractivity contribution in [1.29, 1.82) is 0 Å². The second kappa shape index (κ2) is 8.33. The Hall–Kier alpha value is -1.80. The lowest BCUT2D eigenvalue weighted by atomic mass is 10.5. The largest absolute Gasteiger partial charge is 0.618 e. The van der Waals surface area contributed by atoms with Gasteiger partial charge in [0.05, 0.1) is 12.4 Å². The summed E-state index contributed by atoms with van der Waals surface area (Å²) in [5.74, 6) is -0.479. The van der Waals surface area contributed by atoms with E-state index in [1.807, 2.05) is 0 Å². The van der Waals surface area contributed by atoms with Crippen molar-refractivity contribution >= 4 is 23.7 Å². The summed E-state index contributed by atoms with van der Waals surface area (Å²) in [4.78, 5) is 22.7. The molecule has 0 radical (unpaired) electrons. The molecule has 0 saturated heterocycles. The molecule has 0 aliphatic carbocycles. The maximum absolute atomic E-state index is 11.4. The Morgan fingerprint density at radius 3 is 2.95 bits per heavy atom. The number of nitrogens with zero attached hydrogens (tertiary/aromatic N) is 1. The van der Waals surface area contributed by atoms with E-state index in [0.29, 0.717) is 22.9 Å². The second-order valence-corrected chi connectivity index (χ2v) is 4.45. The molecule has 19 heavy (non-hydrogen) atoms. The number of carbonyl (C=O) groups is 2. The highest BCUT2D eigenvalue weighted by molar-refractivity contribution is 7.99. The molecular formula is C11H15N3O4S. The van der Waals surface area contributed by atoms with Crippen LogP contribution in [0.5, 0.6) is 0 Å². The van der Waals surface area contributed by atoms with Gasteiger partial charge >= 0.3 is 6.03 Å². The molecule has 0 spiro atoms. The van der Waals surface area contributed by atoms with Crippen LogP contribution in [0.3, 0.4) is 0 Å². The van der Waals surface area contributed by atoms with Gasteiger partial charge in [-0.3, -0.25) is 10.1 Å². The van der Waals surface area contributed by atoms with Crippen molar-refractivity contribution in [2.24, 2.45) is 0 Å². The van der Waals surface area contributed by atoms with Crippen molar-refractivity contribution in [3.05, 3.63) is 29.6 Å². The number of urea groups is 1. The Balaban J connectivity index is 2.28. The van der Waals surface area contributed by atoms with Crippen LogP contribution in [0.25, 0.3) is 0 Å². The predicted molar refractivity (Wildman–Crippen MR) is 69.5 cm³/mol. The average molecular weight is 285 g/mol. The van der Waals surface area contributed by atoms with Gasteiger partial charge in [0.15, 0.2) is 6.20 Å². The van der Waals surface area contributed by atoms with Crippen LogP contribution in [0, 0.1) is 5.21 Å². The van der Waals surface area contributed by atoms with Gasteiger partial charge in [-0.1, -0.05) is 0 Å². The van der Waals surface area contributed by atoms with Crippen LogP contribution in [0.1, 0.15) is 0 Å². The number of rotatable bonds is 6. The van der Waals surface area contributed by atoms with Gasteiger partial charge in [-0.05, 0) is 17.8 Å². The highest BCUT2D eigenvalue weighted by atomic mass is 32.2. The zero-order chi connectivity index (χ0) is 14.1. The number of ether oxygens (including phenoxy) is 1. The molecule has 1 heterocycles. The summed E-state index contributed by atoms with van der Waals surface area (Å²) >= 11 is 1.06. The molecule has 1 aromatic heterocycles. The zero-order valence-electron chi connectivity index (χ0n) is 10.4. The highest BCUT2D eigenvalue weighted by Crippen LogP contribution is 2.11. The number of thioether (sulfide) groups is 1. The lowest BCUT2D eigenvalue weighted by Gasteiger charge is -2.06. The van der Waals surface area contributed by atoms with Crippen molar-refractivity contribution in [2.75, 3.05) is 26.0 Å². The van der Waals surface area contributed by atoms with Crippen molar-refractivity contribution < 1.29 is 19.1 Å². The minimum Gasteiger partial charge on any atom is -0.618 e. The Bertz CT molecular complexity index is 442. The lowest BCUT2D eigenvalue weighted by Crippen LogP contribution is -2.41. The van der Waals surface area contributed by atoms with Gasteiger partial charge in [-0.15, -0.1) is 0 Å². The molecule has 8 heteroatoms. The fraction of sp³-hybridized carbons (Fsp3) is 0.364. The van der Waals surface area contributed by atoms with Gasteiger partial charge in [0.25, 0.3) is 5.03 Å². The molecule has 1 rings (SSSR count). The molecule has 0 atom stereocenters. The highest BCUT2D eigenvalue weighted by Gasteiger charge is 2.11. The molecular weight excluding hydrogens is 270 g/mol. The van der Waals surface area contributed by atoms with E-state index in [4.69, 9.17) is 4.74 Å². The van der Waals surface area contributed by atoms with E-state index in [1.54, 1.807) is 18.2 Å². The molecule has 3 amide bonds. The first kappa shape index (κ1) is 15.3. The van der Waals surface area contributed by atoms with E-state index in [2.05, 4.69) is 10.6 Å². The first-order valence-electron chi connectivity index (χ1n) is 5.51. The Morgan fingerprint density at radius 2 is 2.26 bits per heavy atom. The molecule has 0 saturated carbocycles. The SMILES string of the molecule is COCCNC(=O)NC(=O)CSc1cccc[n+]1[O-]. The summed E-state index contributed by atoms with van der Waals surface area (Å²) < 4.78 is 5.41. The molecule has 0 aliphatic rings. The normalized spacial score (nSPS) is 9.95. The Kier molecular flexibility index (Phi) is 6.69. The van der Waals surface area contributed by atoms with Crippen LogP contribution in [0.15, 0.2) is 29.4 Å². The number of aromatic nitrogens is 1. The van der Waals surface area contributed by atoms with Crippen LogP contribution in [-0.4, -0.2) is 38.0 Å². The summed E-state index contributed by atoms with van der Waals surface area (Å²) in [7, 11) is 1.51. The number of carbonyl (C=O) groups excluding carboxylic acids is 2. The smallest absolute Gasteiger partial charge is 0.321 e. The van der Waals surface area contributed by atoms with Crippen molar-refractivity contribution in [1.82, 2.24) is 10.6 Å². The zero-order valence-corrected chi connectivity index (χ0v) is 11.2. The maximum Gasteiger partial charge on any atom is 0.321 e. The van der Waals surface area contributed by atoms with Crippen LogP contribution >= 0.6 is 11.8 Å². The fourth-order valence-electron chi connectivity index (χ4n) is 1.14. The van der Waals surface area contributed by atoms with Gasteiger partial charge in [-0.25, -0.2) is 4.79 Å². The van der Waals surface area contributed by atoms with Crippen molar-refractivity contribution in [3.8, 4) is 0 Å². The van der Waals surface area contributed by atoms with Gasteiger partial charge in [0.2, 0.25) is 5.91 Å². The van der Waals surface area contributed by atoms with Crippen molar-refractivity contribution in [2.45, 2.75) is 5.03 Å². The van der Waals surface area contributed by atoms with E-state index in [1.165, 1.54) is 13.3 Å². The molecule has 7 nitrogen and oxygen atoms in total. The molecule has 0 aromatic carbocycles. The standard InChI is InChI=1S/C11H15N3O4S/c1-18-7-5-12-11(16)13-9(15)8-19-10-4-2-3-6-14(10)17/h2-4,6H,5,7-8H2,1H3,(H2,12,13,15,16). The number of hydrogen-bond acceptors (Lipinski definition) is 5. The molecule has 1 aromatic rings. The first-order valence-corrected chi connectivity index (χ1v) is 6.49. The molecule has 0 aliphatic heterocycles. The van der Waals surface area contributed by atoms with Gasteiger partial charge < -0.3 is 15.3 Å². The van der Waals surface area contributed by atoms with Gasteiger partial charge in [-0.2, -0.15) is 4.73 Å². The Labute approximate surface area is 114 Å². The maximum atomic E-state index is 11.4. The second-order valence-electron chi connectivity index (χ2n) is 3.45. The molecule has 0 fully saturated rings. The molecule has 104 valence electrons. The first-order chi connectivity index (χ1) is 9.13. The number of nitrogens with one attached hydrogen (secondary N) is 2. The summed E-state index contributed by atoms with van der Waals surface area (Å²) in [6.45, 7) is 0.693. The number of imide groups is 1. The topological polar surface area (TPSA) is 94.4 Å². The minimum absolute atomic E-state index is 0.00997. The van der Waals surface area contributed by atoms with Crippen LogP contribution in [0.4, 0.5) is 4.79 Å². The molecule has 2 N–H and O–H groups in total. The molecule has 0 unspecified atom stereocenters. The third-order valence-electron chi connectivity index (χ3n) is 1.98. The summed E-state index contributed by atoms with van der Waals surface area (Å²) in [6.07, 6.45) is 1.34. The van der Waals surface area contributed by atoms with Gasteiger partial charge in [0, 0.05) is 25.8 Å². The quantitative estimate of drug-likeness (QED) is 0.329. The van der Waals surface area contributed by atoms with E-state index in [9.17, 15) is 14.8 Å². The average Bonchev–Trinajstić information content (AvgIpc) is 2.38. The molecule has 0 bridgehead atoms. The Morgan fingerprint density at radius 1 is 1.47 bits per heavy atom. The van der Waals surface area contributed by atoms with Gasteiger partial charge in [0.1, 0.15) is 0 Å². The van der Waals surface area contributed by atoms with E-state index in [0.717, 1.165) is 11.8 Å². The van der Waals surface area contributed by atoms with Crippen LogP contribution in [0.2, 0.25) is 0 Å². The van der Waals surface area contributed by atoms with Crippen LogP contribution < -0.4 is 15.4 Å². The number of pyridine rings is 1. The summed E-state index contributed by atoms with van der Waals surface area (Å²) in [5, 5.41) is 16.3. The van der Waals surface area contributed by atoms with E-state index < -0.39 is 11.9 Å². The monoisotopic (exact) mass is 285 g/mol. The summed E-state index contributed by atoms with van der Waals surface area (Å²) in [6, 6.07) is 4.32. The van der Waals surface area contributed by atoms with E-state index in [-0.39, 0.29) is 5.75 Å². The third kappa shape index (κ3) is 6.07. The van der Waals surface area contributed by atoms with E-state index >= 15 is 0 Å². The number of methoxy groups -OCH3 is 1. The van der Waals surface area contributed by atoms with Crippen LogP contribution in [-0.2, 0) is 9.53 Å². The summed E-state index contributed by atoms with van der Waals surface area (Å²) in [5.41, 5.74) is 0. The number of amides is 3. The lowest BCUT2D eigenvalue weighted by molar-refractivity contribution is -0.645.